The first-order valence-corrected chi connectivity index (χ1v) is 21.0. The van der Waals surface area contributed by atoms with Crippen LogP contribution < -0.4 is 5.32 Å². The Morgan fingerprint density at radius 3 is 2.06 bits per heavy atom. The fourth-order valence-electron chi connectivity index (χ4n) is 8.03. The van der Waals surface area contributed by atoms with E-state index in [-0.39, 0.29) is 72.9 Å². The molecule has 53 heavy (non-hydrogen) atoms. The van der Waals surface area contributed by atoms with Crippen molar-refractivity contribution in [2.24, 2.45) is 29.6 Å². The van der Waals surface area contributed by atoms with Crippen LogP contribution in [-0.2, 0) is 39.6 Å². The molecule has 1 fully saturated rings. The van der Waals surface area contributed by atoms with Gasteiger partial charge in [0.05, 0.1) is 42.4 Å². The standard InChI is InChI=1S/C40H68N3O9P/c1-12-27(6)38(42(9)40(47)31(25(2)3)23-34(45)37(41-8)26(4)5)35(51-10)24-36(46)43-20-16-19-32(43)39(52-11)28(7)33(44)22-30(53(48,49)50)21-29-17-14-13-15-18-29/h13-15,17-18,25-28,30-32,35,37-39,41H,12,16,19-24H2,1-11H3,(H2,48,49,50)/t27-,28-,30+,31-,32-,35+,37-,38-,39+/m0/s1. The molecule has 3 N–H and O–H groups in total. The number of nitrogens with zero attached hydrogens (tertiary/aromatic N) is 2. The van der Waals surface area contributed by atoms with Crippen LogP contribution in [0.3, 0.4) is 0 Å². The third-order valence-corrected chi connectivity index (χ3v) is 12.8. The zero-order valence-electron chi connectivity index (χ0n) is 34.0. The smallest absolute Gasteiger partial charge is 0.329 e. The highest BCUT2D eigenvalue weighted by Gasteiger charge is 2.44. The molecule has 0 unspecified atom stereocenters. The van der Waals surface area contributed by atoms with Crippen LogP contribution in [0.15, 0.2) is 30.3 Å². The summed E-state index contributed by atoms with van der Waals surface area (Å²) in [5, 5.41) is 3.10. The van der Waals surface area contributed by atoms with Crippen molar-refractivity contribution in [3.05, 3.63) is 35.9 Å². The highest BCUT2D eigenvalue weighted by molar-refractivity contribution is 7.52. The molecule has 0 aliphatic carbocycles. The number of carbonyl (C=O) groups is 4. The highest BCUT2D eigenvalue weighted by atomic mass is 31.2. The summed E-state index contributed by atoms with van der Waals surface area (Å²) in [7, 11) is 1.93. The van der Waals surface area contributed by atoms with E-state index in [4.69, 9.17) is 9.47 Å². The van der Waals surface area contributed by atoms with E-state index < -0.39 is 49.4 Å². The first-order chi connectivity index (χ1) is 24.8. The summed E-state index contributed by atoms with van der Waals surface area (Å²) in [6.45, 7) is 14.1. The molecule has 2 rings (SSSR count). The second kappa shape index (κ2) is 21.6. The number of amides is 2. The van der Waals surface area contributed by atoms with Gasteiger partial charge in [-0.2, -0.15) is 0 Å². The lowest BCUT2D eigenvalue weighted by atomic mass is 9.84. The van der Waals surface area contributed by atoms with Gasteiger partial charge in [0.25, 0.3) is 0 Å². The van der Waals surface area contributed by atoms with E-state index in [1.807, 2.05) is 47.6 Å². The average molecular weight is 766 g/mol. The summed E-state index contributed by atoms with van der Waals surface area (Å²) in [5.74, 6) is -1.98. The number of ketones is 2. The number of carbonyl (C=O) groups excluding carboxylic acids is 4. The maximum absolute atomic E-state index is 14.2. The molecule has 1 aliphatic rings. The number of rotatable bonds is 23. The number of benzene rings is 1. The molecule has 1 aromatic carbocycles. The number of nitrogens with one attached hydrogen (secondary N) is 1. The van der Waals surface area contributed by atoms with E-state index in [0.717, 1.165) is 12.0 Å². The molecule has 0 bridgehead atoms. The third-order valence-electron chi connectivity index (χ3n) is 11.4. The Morgan fingerprint density at radius 2 is 1.57 bits per heavy atom. The van der Waals surface area contributed by atoms with Crippen molar-refractivity contribution in [3.8, 4) is 0 Å². The number of hydrogen-bond donors (Lipinski definition) is 3. The van der Waals surface area contributed by atoms with Crippen molar-refractivity contribution in [2.75, 3.05) is 34.9 Å². The van der Waals surface area contributed by atoms with Gasteiger partial charge in [0.15, 0.2) is 5.78 Å². The second-order valence-corrected chi connectivity index (χ2v) is 17.6. The fourth-order valence-corrected chi connectivity index (χ4v) is 8.90. The fraction of sp³-hybridized carbons (Fsp3) is 0.750. The lowest BCUT2D eigenvalue weighted by Gasteiger charge is -2.41. The minimum absolute atomic E-state index is 0.00377. The summed E-state index contributed by atoms with van der Waals surface area (Å²) in [6.07, 6.45) is 0.561. The molecule has 0 aromatic heterocycles. The number of methoxy groups -OCH3 is 2. The molecule has 1 aliphatic heterocycles. The lowest BCUT2D eigenvalue weighted by molar-refractivity contribution is -0.149. The largest absolute Gasteiger partial charge is 0.379 e. The molecule has 0 spiro atoms. The van der Waals surface area contributed by atoms with Crippen molar-refractivity contribution in [2.45, 2.75) is 129 Å². The summed E-state index contributed by atoms with van der Waals surface area (Å²) < 4.78 is 24.3. The first-order valence-electron chi connectivity index (χ1n) is 19.3. The van der Waals surface area contributed by atoms with Crippen LogP contribution in [0, 0.1) is 29.6 Å². The molecule has 1 saturated heterocycles. The molecular weight excluding hydrogens is 697 g/mol. The van der Waals surface area contributed by atoms with Crippen LogP contribution in [0.1, 0.15) is 92.6 Å². The number of hydrogen-bond acceptors (Lipinski definition) is 8. The number of Topliss-reactive ketones (excluding diaryl/α,β-unsaturated/α-hetero) is 2. The summed E-state index contributed by atoms with van der Waals surface area (Å²) >= 11 is 0. The highest BCUT2D eigenvalue weighted by Crippen LogP contribution is 2.45. The average Bonchev–Trinajstić information content (AvgIpc) is 3.59. The van der Waals surface area contributed by atoms with Crippen molar-refractivity contribution in [1.29, 1.82) is 0 Å². The zero-order valence-corrected chi connectivity index (χ0v) is 34.9. The maximum Gasteiger partial charge on any atom is 0.329 e. The molecule has 2 amide bonds. The van der Waals surface area contributed by atoms with E-state index in [9.17, 15) is 33.5 Å². The monoisotopic (exact) mass is 765 g/mol. The zero-order chi connectivity index (χ0) is 40.2. The normalized spacial score (nSPS) is 19.7. The Morgan fingerprint density at radius 1 is 0.943 bits per heavy atom. The third kappa shape index (κ3) is 12.8. The van der Waals surface area contributed by atoms with E-state index in [1.54, 1.807) is 62.2 Å². The van der Waals surface area contributed by atoms with Gasteiger partial charge >= 0.3 is 7.60 Å². The Hall–Kier alpha value is -2.47. The van der Waals surface area contributed by atoms with Crippen molar-refractivity contribution in [1.82, 2.24) is 15.1 Å². The summed E-state index contributed by atoms with van der Waals surface area (Å²) in [5.41, 5.74) is -0.443. The molecule has 0 radical (unpaired) electrons. The van der Waals surface area contributed by atoms with Crippen molar-refractivity contribution >= 4 is 31.0 Å². The maximum atomic E-state index is 14.2. The van der Waals surface area contributed by atoms with Gasteiger partial charge in [0, 0.05) is 52.5 Å². The Labute approximate surface area is 318 Å². The van der Waals surface area contributed by atoms with Crippen LogP contribution >= 0.6 is 7.60 Å². The van der Waals surface area contributed by atoms with Gasteiger partial charge in [-0.1, -0.05) is 85.2 Å². The van der Waals surface area contributed by atoms with E-state index in [2.05, 4.69) is 5.32 Å². The minimum atomic E-state index is -4.60. The molecule has 1 heterocycles. The topological polar surface area (TPSA) is 163 Å². The first kappa shape index (κ1) is 46.7. The quantitative estimate of drug-likeness (QED) is 0.127. The van der Waals surface area contributed by atoms with E-state index >= 15 is 0 Å². The van der Waals surface area contributed by atoms with Crippen LogP contribution in [0.25, 0.3) is 0 Å². The van der Waals surface area contributed by atoms with Gasteiger partial charge in [0.2, 0.25) is 11.8 Å². The minimum Gasteiger partial charge on any atom is -0.379 e. The number of likely N-dealkylation sites (tertiary alicyclic amines) is 1. The molecule has 13 heteroatoms. The Bertz CT molecular complexity index is 1370. The lowest BCUT2D eigenvalue weighted by Crippen LogP contribution is -2.54. The molecule has 12 nitrogen and oxygen atoms in total. The SMILES string of the molecule is CC[C@H](C)[C@@H]([C@@H](CC(=O)N1CCC[C@H]1[C@H](OC)[C@@H](C)C(=O)C[C@@H](Cc1ccccc1)P(=O)(O)O)OC)N(C)C(=O)[C@@H](CC(=O)[C@@H](NC)C(C)C)C(C)C. The molecule has 302 valence electrons. The van der Waals surface area contributed by atoms with Gasteiger partial charge in [-0.3, -0.25) is 23.7 Å². The molecule has 1 aromatic rings. The second-order valence-electron chi connectivity index (χ2n) is 15.7. The van der Waals surface area contributed by atoms with Gasteiger partial charge in [-0.15, -0.1) is 0 Å². The van der Waals surface area contributed by atoms with Gasteiger partial charge in [0.1, 0.15) is 5.78 Å². The van der Waals surface area contributed by atoms with Crippen LogP contribution in [0.5, 0.6) is 0 Å². The van der Waals surface area contributed by atoms with E-state index in [1.165, 1.54) is 7.11 Å². The van der Waals surface area contributed by atoms with Gasteiger partial charge in [-0.05, 0) is 49.6 Å². The summed E-state index contributed by atoms with van der Waals surface area (Å²) in [6, 6.07) is 7.73. The van der Waals surface area contributed by atoms with Gasteiger partial charge < -0.3 is 34.4 Å². The predicted octanol–water partition coefficient (Wildman–Crippen LogP) is 5.13. The summed E-state index contributed by atoms with van der Waals surface area (Å²) in [4.78, 5) is 79.0. The van der Waals surface area contributed by atoms with Gasteiger partial charge in [-0.25, -0.2) is 0 Å². The van der Waals surface area contributed by atoms with Crippen molar-refractivity contribution < 1.29 is 43.0 Å². The Balaban J connectivity index is 2.28. The number of ether oxygens (including phenoxy) is 2. The number of likely N-dealkylation sites (N-methyl/N-ethyl adjacent to an activating group) is 2. The predicted molar refractivity (Wildman–Crippen MR) is 207 cm³/mol. The Kier molecular flexibility index (Phi) is 19.0. The molecule has 9 atom stereocenters. The van der Waals surface area contributed by atoms with Crippen LogP contribution in [0.2, 0.25) is 0 Å². The van der Waals surface area contributed by atoms with Crippen molar-refractivity contribution in [3.63, 3.8) is 0 Å². The van der Waals surface area contributed by atoms with E-state index in [0.29, 0.717) is 19.4 Å². The molecule has 0 saturated carbocycles. The molecular formula is C40H68N3O9P. The van der Waals surface area contributed by atoms with Crippen LogP contribution in [0.4, 0.5) is 0 Å². The van der Waals surface area contributed by atoms with Crippen LogP contribution in [-0.4, -0.2) is 114 Å².